The Kier molecular flexibility index (Phi) is 4.69. The number of piperidine rings is 1. The van der Waals surface area contributed by atoms with Crippen molar-refractivity contribution in [2.24, 2.45) is 11.7 Å². The number of nitrogens with zero attached hydrogens (tertiary/aromatic N) is 1. The molecule has 5 nitrogen and oxygen atoms in total. The fraction of sp³-hybridized carbons (Fsp3) is 0.462. The van der Waals surface area contributed by atoms with Crippen LogP contribution in [0.25, 0.3) is 0 Å². The molecule has 1 amide bonds. The zero-order valence-corrected chi connectivity index (χ0v) is 13.8. The Labute approximate surface area is 131 Å². The minimum atomic E-state index is -3.81. The Balaban J connectivity index is 2.39. The van der Waals surface area contributed by atoms with Crippen molar-refractivity contribution in [3.05, 3.63) is 28.5 Å². The molecule has 1 fully saturated rings. The molecule has 1 aliphatic heterocycles. The smallest absolute Gasteiger partial charge is 0.244 e. The number of hydrogen-bond acceptors (Lipinski definition) is 3. The first-order chi connectivity index (χ1) is 9.73. The second kappa shape index (κ2) is 6.02. The quantitative estimate of drug-likeness (QED) is 0.871. The van der Waals surface area contributed by atoms with Crippen LogP contribution in [-0.4, -0.2) is 31.2 Å². The van der Waals surface area contributed by atoms with Crippen LogP contribution in [0.2, 0.25) is 0 Å². The van der Waals surface area contributed by atoms with Gasteiger partial charge < -0.3 is 5.73 Å². The van der Waals surface area contributed by atoms with Crippen LogP contribution in [-0.2, 0) is 14.8 Å². The third-order valence-corrected chi connectivity index (χ3v) is 6.66. The molecule has 0 aromatic heterocycles. The summed E-state index contributed by atoms with van der Waals surface area (Å²) in [6.45, 7) is 1.84. The Morgan fingerprint density at radius 3 is 2.67 bits per heavy atom. The molecule has 0 radical (unpaired) electrons. The van der Waals surface area contributed by atoms with Crippen LogP contribution >= 0.6 is 15.9 Å². The summed E-state index contributed by atoms with van der Waals surface area (Å²) < 4.78 is 40.0. The standard InChI is InChI=1S/C13H16BrFN2O3S/c1-8-2-3-9(13(16)18)7-17(8)21(19,20)12-5-4-10(15)6-11(12)14/h4-6,8-9H,2-3,7H2,1H3,(H2,16,18). The van der Waals surface area contributed by atoms with E-state index < -0.39 is 27.7 Å². The number of benzene rings is 1. The summed E-state index contributed by atoms with van der Waals surface area (Å²) in [6.07, 6.45) is 1.14. The fourth-order valence-corrected chi connectivity index (χ4v) is 5.17. The lowest BCUT2D eigenvalue weighted by Gasteiger charge is -2.35. The summed E-state index contributed by atoms with van der Waals surface area (Å²) >= 11 is 3.08. The first-order valence-corrected chi connectivity index (χ1v) is 8.73. The van der Waals surface area contributed by atoms with Crippen LogP contribution in [0, 0.1) is 11.7 Å². The molecule has 1 heterocycles. The van der Waals surface area contributed by atoms with E-state index in [4.69, 9.17) is 5.73 Å². The van der Waals surface area contributed by atoms with Gasteiger partial charge in [-0.15, -0.1) is 0 Å². The summed E-state index contributed by atoms with van der Waals surface area (Å²) in [5.41, 5.74) is 5.29. The summed E-state index contributed by atoms with van der Waals surface area (Å²) in [5, 5.41) is 0. The molecule has 116 valence electrons. The first kappa shape index (κ1) is 16.4. The molecular formula is C13H16BrFN2O3S. The van der Waals surface area contributed by atoms with Crippen molar-refractivity contribution in [3.63, 3.8) is 0 Å². The predicted octanol–water partition coefficient (Wildman–Crippen LogP) is 1.86. The van der Waals surface area contributed by atoms with Gasteiger partial charge in [0.2, 0.25) is 15.9 Å². The molecule has 1 aliphatic rings. The summed E-state index contributed by atoms with van der Waals surface area (Å²) in [4.78, 5) is 11.3. The van der Waals surface area contributed by atoms with Crippen LogP contribution in [0.1, 0.15) is 19.8 Å². The number of nitrogens with two attached hydrogens (primary N) is 1. The molecule has 2 rings (SSSR count). The third-order valence-electron chi connectivity index (χ3n) is 3.71. The van der Waals surface area contributed by atoms with E-state index >= 15 is 0 Å². The SMILES string of the molecule is CC1CCC(C(N)=O)CN1S(=O)(=O)c1ccc(F)cc1Br. The Morgan fingerprint density at radius 2 is 2.10 bits per heavy atom. The van der Waals surface area contributed by atoms with Gasteiger partial charge in [-0.3, -0.25) is 4.79 Å². The van der Waals surface area contributed by atoms with Crippen molar-refractivity contribution in [1.82, 2.24) is 4.31 Å². The minimum absolute atomic E-state index is 0.0131. The van der Waals surface area contributed by atoms with Crippen molar-refractivity contribution < 1.29 is 17.6 Å². The van der Waals surface area contributed by atoms with Gasteiger partial charge in [-0.2, -0.15) is 4.31 Å². The number of primary amides is 1. The fourth-order valence-electron chi connectivity index (χ4n) is 2.45. The van der Waals surface area contributed by atoms with E-state index in [1.807, 2.05) is 0 Å². The van der Waals surface area contributed by atoms with Crippen LogP contribution < -0.4 is 5.73 Å². The second-order valence-corrected chi connectivity index (χ2v) is 7.89. The average Bonchev–Trinajstić information content (AvgIpc) is 2.38. The van der Waals surface area contributed by atoms with Crippen molar-refractivity contribution in [2.75, 3.05) is 6.54 Å². The highest BCUT2D eigenvalue weighted by Gasteiger charge is 2.37. The maximum Gasteiger partial charge on any atom is 0.244 e. The van der Waals surface area contributed by atoms with Gasteiger partial charge in [0, 0.05) is 17.1 Å². The average molecular weight is 379 g/mol. The third kappa shape index (κ3) is 3.27. The Morgan fingerprint density at radius 1 is 1.43 bits per heavy atom. The highest BCUT2D eigenvalue weighted by Crippen LogP contribution is 2.31. The molecule has 2 atom stereocenters. The number of amides is 1. The van der Waals surface area contributed by atoms with Crippen LogP contribution in [0.15, 0.2) is 27.6 Å². The predicted molar refractivity (Wildman–Crippen MR) is 79.4 cm³/mol. The molecule has 8 heteroatoms. The Bertz CT molecular complexity index is 665. The van der Waals surface area contributed by atoms with E-state index in [0.717, 1.165) is 12.1 Å². The van der Waals surface area contributed by atoms with Crippen LogP contribution in [0.3, 0.4) is 0 Å². The second-order valence-electron chi connectivity index (χ2n) is 5.18. The van der Waals surface area contributed by atoms with Crippen LogP contribution in [0.4, 0.5) is 4.39 Å². The molecule has 0 spiro atoms. The van der Waals surface area contributed by atoms with E-state index in [1.54, 1.807) is 6.92 Å². The molecule has 1 saturated heterocycles. The van der Waals surface area contributed by atoms with Gasteiger partial charge >= 0.3 is 0 Å². The largest absolute Gasteiger partial charge is 0.369 e. The van der Waals surface area contributed by atoms with Gasteiger partial charge in [0.15, 0.2) is 0 Å². The minimum Gasteiger partial charge on any atom is -0.369 e. The van der Waals surface area contributed by atoms with E-state index in [1.165, 1.54) is 10.4 Å². The lowest BCUT2D eigenvalue weighted by atomic mass is 9.95. The highest BCUT2D eigenvalue weighted by atomic mass is 79.9. The van der Waals surface area contributed by atoms with E-state index in [0.29, 0.717) is 12.8 Å². The van der Waals surface area contributed by atoms with Crippen molar-refractivity contribution in [2.45, 2.75) is 30.7 Å². The molecule has 0 aliphatic carbocycles. The number of rotatable bonds is 3. The number of sulfonamides is 1. The van der Waals surface area contributed by atoms with Gasteiger partial charge in [-0.05, 0) is 53.9 Å². The number of carbonyl (C=O) groups excluding carboxylic acids is 1. The molecule has 21 heavy (non-hydrogen) atoms. The molecule has 2 N–H and O–H groups in total. The summed E-state index contributed by atoms with van der Waals surface area (Å²) in [6, 6.07) is 3.18. The lowest BCUT2D eigenvalue weighted by molar-refractivity contribution is -0.123. The highest BCUT2D eigenvalue weighted by molar-refractivity contribution is 9.10. The maximum absolute atomic E-state index is 13.1. The normalized spacial score (nSPS) is 24.0. The number of hydrogen-bond donors (Lipinski definition) is 1. The van der Waals surface area contributed by atoms with Gasteiger partial charge in [-0.25, -0.2) is 12.8 Å². The molecule has 1 aromatic carbocycles. The van der Waals surface area contributed by atoms with Crippen molar-refractivity contribution >= 4 is 31.9 Å². The van der Waals surface area contributed by atoms with Crippen LogP contribution in [0.5, 0.6) is 0 Å². The van der Waals surface area contributed by atoms with Crippen molar-refractivity contribution in [1.29, 1.82) is 0 Å². The first-order valence-electron chi connectivity index (χ1n) is 6.49. The molecule has 1 aromatic rings. The molecule has 0 saturated carbocycles. The van der Waals surface area contributed by atoms with Gasteiger partial charge in [0.1, 0.15) is 5.82 Å². The van der Waals surface area contributed by atoms with Gasteiger partial charge in [0.25, 0.3) is 0 Å². The van der Waals surface area contributed by atoms with Gasteiger partial charge in [0.05, 0.1) is 10.8 Å². The van der Waals surface area contributed by atoms with E-state index in [9.17, 15) is 17.6 Å². The monoisotopic (exact) mass is 378 g/mol. The topological polar surface area (TPSA) is 80.5 Å². The number of carbonyl (C=O) groups is 1. The van der Waals surface area contributed by atoms with E-state index in [2.05, 4.69) is 15.9 Å². The zero-order valence-electron chi connectivity index (χ0n) is 11.4. The molecular weight excluding hydrogens is 363 g/mol. The zero-order chi connectivity index (χ0) is 15.8. The lowest BCUT2D eigenvalue weighted by Crippen LogP contribution is -2.48. The number of halogens is 2. The van der Waals surface area contributed by atoms with E-state index in [-0.39, 0.29) is 22.0 Å². The van der Waals surface area contributed by atoms with Gasteiger partial charge in [-0.1, -0.05) is 0 Å². The maximum atomic E-state index is 13.1. The van der Waals surface area contributed by atoms with Crippen molar-refractivity contribution in [3.8, 4) is 0 Å². The summed E-state index contributed by atoms with van der Waals surface area (Å²) in [5.74, 6) is -1.52. The molecule has 0 bridgehead atoms. The molecule has 2 unspecified atom stereocenters. The summed E-state index contributed by atoms with van der Waals surface area (Å²) in [7, 11) is -3.81. The Hall–Kier alpha value is -0.990.